The highest BCUT2D eigenvalue weighted by Gasteiger charge is 2.13. The summed E-state index contributed by atoms with van der Waals surface area (Å²) >= 11 is 5.95. The van der Waals surface area contributed by atoms with Gasteiger partial charge in [0.25, 0.3) is 5.91 Å². The molecule has 0 saturated heterocycles. The SMILES string of the molecule is CCOc1cc(/C=C(\C#N)C(=O)NCc2ccco2)ccc1OC(=O)/C=C/c1cccc(Cl)c1. The molecule has 0 atom stereocenters. The first-order chi connectivity index (χ1) is 16.5. The van der Waals surface area contributed by atoms with E-state index in [9.17, 15) is 14.9 Å². The summed E-state index contributed by atoms with van der Waals surface area (Å²) in [6.45, 7) is 2.27. The summed E-state index contributed by atoms with van der Waals surface area (Å²) in [5.41, 5.74) is 1.19. The number of furan rings is 1. The van der Waals surface area contributed by atoms with Crippen molar-refractivity contribution in [3.05, 3.63) is 94.4 Å². The molecular weight excluding hydrogens is 456 g/mol. The van der Waals surface area contributed by atoms with Crippen LogP contribution in [0.1, 0.15) is 23.8 Å². The molecule has 172 valence electrons. The first-order valence-corrected chi connectivity index (χ1v) is 10.7. The maximum absolute atomic E-state index is 12.3. The van der Waals surface area contributed by atoms with Crippen molar-refractivity contribution in [2.24, 2.45) is 0 Å². The zero-order valence-corrected chi connectivity index (χ0v) is 19.0. The summed E-state index contributed by atoms with van der Waals surface area (Å²) in [4.78, 5) is 24.6. The Bertz CT molecular complexity index is 1260. The van der Waals surface area contributed by atoms with Gasteiger partial charge in [-0.25, -0.2) is 4.79 Å². The average Bonchev–Trinajstić information content (AvgIpc) is 3.35. The van der Waals surface area contributed by atoms with Crippen molar-refractivity contribution >= 4 is 35.6 Å². The third-order valence-electron chi connectivity index (χ3n) is 4.42. The highest BCUT2D eigenvalue weighted by molar-refractivity contribution is 6.30. The molecule has 8 heteroatoms. The largest absolute Gasteiger partial charge is 0.490 e. The van der Waals surface area contributed by atoms with Gasteiger partial charge >= 0.3 is 5.97 Å². The van der Waals surface area contributed by atoms with Crippen LogP contribution in [-0.2, 0) is 16.1 Å². The van der Waals surface area contributed by atoms with Crippen LogP contribution in [0.15, 0.2) is 76.9 Å². The molecule has 0 fully saturated rings. The number of carbonyl (C=O) groups is 2. The quantitative estimate of drug-likeness (QED) is 0.198. The smallest absolute Gasteiger partial charge is 0.336 e. The number of halogens is 1. The molecule has 3 rings (SSSR count). The van der Waals surface area contributed by atoms with Gasteiger partial charge in [0.2, 0.25) is 0 Å². The monoisotopic (exact) mass is 476 g/mol. The van der Waals surface area contributed by atoms with Crippen LogP contribution in [0.2, 0.25) is 5.02 Å². The molecule has 7 nitrogen and oxygen atoms in total. The van der Waals surface area contributed by atoms with Crippen molar-refractivity contribution in [3.8, 4) is 17.6 Å². The lowest BCUT2D eigenvalue weighted by Crippen LogP contribution is -2.23. The van der Waals surface area contributed by atoms with Gasteiger partial charge < -0.3 is 19.2 Å². The van der Waals surface area contributed by atoms with Crippen molar-refractivity contribution in [2.45, 2.75) is 13.5 Å². The lowest BCUT2D eigenvalue weighted by Gasteiger charge is -2.11. The number of carbonyl (C=O) groups excluding carboxylic acids is 2. The summed E-state index contributed by atoms with van der Waals surface area (Å²) in [5.74, 6) is -0.0628. The van der Waals surface area contributed by atoms with E-state index in [0.29, 0.717) is 28.7 Å². The molecule has 1 amide bonds. The molecule has 0 radical (unpaired) electrons. The van der Waals surface area contributed by atoms with Crippen LogP contribution in [-0.4, -0.2) is 18.5 Å². The summed E-state index contributed by atoms with van der Waals surface area (Å²) in [6.07, 6.45) is 5.79. The Morgan fingerprint density at radius 2 is 1.97 bits per heavy atom. The van der Waals surface area contributed by atoms with Crippen molar-refractivity contribution in [1.29, 1.82) is 5.26 Å². The molecule has 0 aliphatic rings. The van der Waals surface area contributed by atoms with E-state index in [1.165, 1.54) is 24.5 Å². The number of nitrogens with one attached hydrogen (secondary N) is 1. The Morgan fingerprint density at radius 1 is 1.12 bits per heavy atom. The zero-order valence-electron chi connectivity index (χ0n) is 18.3. The number of nitrogens with zero attached hydrogens (tertiary/aromatic N) is 1. The van der Waals surface area contributed by atoms with E-state index in [1.807, 2.05) is 6.07 Å². The highest BCUT2D eigenvalue weighted by Crippen LogP contribution is 2.30. The summed E-state index contributed by atoms with van der Waals surface area (Å²) in [7, 11) is 0. The number of rotatable bonds is 9. The van der Waals surface area contributed by atoms with Crippen LogP contribution in [0.3, 0.4) is 0 Å². The minimum Gasteiger partial charge on any atom is -0.490 e. The second kappa shape index (κ2) is 12.1. The Kier molecular flexibility index (Phi) is 8.67. The Morgan fingerprint density at radius 3 is 2.68 bits per heavy atom. The standard InChI is InChI=1S/C26H21ClN2O5/c1-2-32-24-15-19(13-20(16-28)26(31)29-17-22-7-4-12-33-22)8-10-23(24)34-25(30)11-9-18-5-3-6-21(27)14-18/h3-15H,2,17H2,1H3,(H,29,31)/b11-9+,20-13+. The van der Waals surface area contributed by atoms with Gasteiger partial charge in [0, 0.05) is 11.1 Å². The molecule has 1 N–H and O–H groups in total. The van der Waals surface area contributed by atoms with Crippen molar-refractivity contribution in [3.63, 3.8) is 0 Å². The van der Waals surface area contributed by atoms with E-state index in [4.69, 9.17) is 25.5 Å². The fourth-order valence-corrected chi connectivity index (χ4v) is 3.07. The maximum Gasteiger partial charge on any atom is 0.336 e. The molecule has 3 aromatic rings. The molecule has 1 aromatic heterocycles. The molecule has 0 saturated carbocycles. The molecule has 0 bridgehead atoms. The van der Waals surface area contributed by atoms with Gasteiger partial charge in [-0.15, -0.1) is 0 Å². The predicted octanol–water partition coefficient (Wildman–Crippen LogP) is 5.17. The minimum atomic E-state index is -0.598. The number of nitriles is 1. The van der Waals surface area contributed by atoms with Crippen molar-refractivity contribution in [1.82, 2.24) is 5.32 Å². The molecule has 0 aliphatic carbocycles. The topological polar surface area (TPSA) is 102 Å². The second-order valence-corrected chi connectivity index (χ2v) is 7.32. The van der Waals surface area contributed by atoms with Gasteiger partial charge in [-0.1, -0.05) is 29.8 Å². The van der Waals surface area contributed by atoms with Crippen LogP contribution < -0.4 is 14.8 Å². The van der Waals surface area contributed by atoms with Crippen LogP contribution in [0.4, 0.5) is 0 Å². The van der Waals surface area contributed by atoms with Gasteiger partial charge in [0.1, 0.15) is 17.4 Å². The van der Waals surface area contributed by atoms with Crippen molar-refractivity contribution in [2.75, 3.05) is 6.61 Å². The maximum atomic E-state index is 12.3. The number of ether oxygens (including phenoxy) is 2. The van der Waals surface area contributed by atoms with Crippen LogP contribution in [0, 0.1) is 11.3 Å². The zero-order chi connectivity index (χ0) is 24.3. The molecule has 0 unspecified atom stereocenters. The summed E-state index contributed by atoms with van der Waals surface area (Å²) in [5, 5.41) is 12.6. The number of benzene rings is 2. The molecule has 0 spiro atoms. The van der Waals surface area contributed by atoms with Crippen molar-refractivity contribution < 1.29 is 23.5 Å². The number of amides is 1. The number of hydrogen-bond donors (Lipinski definition) is 1. The fourth-order valence-electron chi connectivity index (χ4n) is 2.88. The van der Waals surface area contributed by atoms with Gasteiger partial charge in [0.15, 0.2) is 11.5 Å². The van der Waals surface area contributed by atoms with E-state index >= 15 is 0 Å². The first kappa shape index (κ1) is 24.4. The normalized spacial score (nSPS) is 11.1. The Labute approximate surface area is 201 Å². The van der Waals surface area contributed by atoms with E-state index in [-0.39, 0.29) is 17.9 Å². The average molecular weight is 477 g/mol. The van der Waals surface area contributed by atoms with Crippen LogP contribution >= 0.6 is 11.6 Å². The molecular formula is C26H21ClN2O5. The van der Waals surface area contributed by atoms with Gasteiger partial charge in [-0.3, -0.25) is 4.79 Å². The second-order valence-electron chi connectivity index (χ2n) is 6.88. The van der Waals surface area contributed by atoms with E-state index in [2.05, 4.69) is 5.32 Å². The fraction of sp³-hybridized carbons (Fsp3) is 0.115. The Balaban J connectivity index is 1.72. The molecule has 2 aromatic carbocycles. The van der Waals surface area contributed by atoms with Gasteiger partial charge in [0.05, 0.1) is 19.4 Å². The Hall–Kier alpha value is -4.28. The van der Waals surface area contributed by atoms with E-state index < -0.39 is 11.9 Å². The molecule has 0 aliphatic heterocycles. The van der Waals surface area contributed by atoms with Crippen LogP contribution in [0.25, 0.3) is 12.2 Å². The minimum absolute atomic E-state index is 0.0943. The third kappa shape index (κ3) is 7.12. The number of hydrogen-bond acceptors (Lipinski definition) is 6. The van der Waals surface area contributed by atoms with Gasteiger partial charge in [-0.2, -0.15) is 5.26 Å². The third-order valence-corrected chi connectivity index (χ3v) is 4.65. The first-order valence-electron chi connectivity index (χ1n) is 10.3. The lowest BCUT2D eigenvalue weighted by molar-refractivity contribution is -0.129. The number of esters is 1. The van der Waals surface area contributed by atoms with Gasteiger partial charge in [-0.05, 0) is 66.6 Å². The van der Waals surface area contributed by atoms with E-state index in [0.717, 1.165) is 5.56 Å². The molecule has 1 heterocycles. The van der Waals surface area contributed by atoms with E-state index in [1.54, 1.807) is 61.5 Å². The summed E-state index contributed by atoms with van der Waals surface area (Å²) in [6, 6.07) is 17.1. The highest BCUT2D eigenvalue weighted by atomic mass is 35.5. The lowest BCUT2D eigenvalue weighted by atomic mass is 10.1. The predicted molar refractivity (Wildman–Crippen MR) is 128 cm³/mol. The molecule has 34 heavy (non-hydrogen) atoms. The summed E-state index contributed by atoms with van der Waals surface area (Å²) < 4.78 is 16.2. The van der Waals surface area contributed by atoms with Crippen LogP contribution in [0.5, 0.6) is 11.5 Å².